The number of hydrogen-bond donors (Lipinski definition) is 2. The number of urea groups is 1. The highest BCUT2D eigenvalue weighted by molar-refractivity contribution is 5.89. The van der Waals surface area contributed by atoms with E-state index in [1.807, 2.05) is 0 Å². The molecule has 3 nitrogen and oxygen atoms in total. The van der Waals surface area contributed by atoms with Crippen molar-refractivity contribution in [2.45, 2.75) is 0 Å². The van der Waals surface area contributed by atoms with E-state index in [0.29, 0.717) is 0 Å². The van der Waals surface area contributed by atoms with Gasteiger partial charge in [0, 0.05) is 6.54 Å². The highest BCUT2D eigenvalue weighted by atomic mass is 19.1. The second kappa shape index (κ2) is 5.09. The predicted molar refractivity (Wildman–Crippen MR) is 53.6 cm³/mol. The van der Waals surface area contributed by atoms with Crippen LogP contribution >= 0.6 is 0 Å². The molecule has 2 N–H and O–H groups in total. The van der Waals surface area contributed by atoms with Gasteiger partial charge in [-0.25, -0.2) is 13.6 Å². The number of anilines is 1. The first kappa shape index (κ1) is 11.2. The fourth-order valence-electron chi connectivity index (χ4n) is 0.940. The Morgan fingerprint density at radius 1 is 1.40 bits per heavy atom. The molecule has 0 radical (unpaired) electrons. The van der Waals surface area contributed by atoms with Crippen molar-refractivity contribution in [3.05, 3.63) is 42.5 Å². The standard InChI is InChI=1S/C10H10F2N2O/c1-2-6-13-10(15)14-9-7(11)4-3-5-8(9)12/h2-5H,1,6H2,(H2,13,14,15). The van der Waals surface area contributed by atoms with Gasteiger partial charge in [0.1, 0.15) is 17.3 Å². The van der Waals surface area contributed by atoms with Crippen LogP contribution in [0.1, 0.15) is 0 Å². The van der Waals surface area contributed by atoms with Crippen molar-refractivity contribution in [2.75, 3.05) is 11.9 Å². The lowest BCUT2D eigenvalue weighted by Gasteiger charge is -2.07. The molecule has 1 aromatic rings. The van der Waals surface area contributed by atoms with E-state index in [1.165, 1.54) is 12.1 Å². The molecule has 1 aromatic carbocycles. The lowest BCUT2D eigenvalue weighted by atomic mass is 10.3. The maximum atomic E-state index is 13.0. The van der Waals surface area contributed by atoms with E-state index in [-0.39, 0.29) is 6.54 Å². The van der Waals surface area contributed by atoms with Gasteiger partial charge in [0.25, 0.3) is 0 Å². The van der Waals surface area contributed by atoms with E-state index in [1.54, 1.807) is 0 Å². The maximum absolute atomic E-state index is 13.0. The second-order valence-electron chi connectivity index (χ2n) is 2.72. The van der Waals surface area contributed by atoms with Crippen LogP contribution in [0.2, 0.25) is 0 Å². The van der Waals surface area contributed by atoms with Gasteiger partial charge in [0.05, 0.1) is 0 Å². The van der Waals surface area contributed by atoms with Crippen LogP contribution in [0.3, 0.4) is 0 Å². The average molecular weight is 212 g/mol. The third-order valence-corrected chi connectivity index (χ3v) is 1.61. The van der Waals surface area contributed by atoms with Crippen molar-refractivity contribution in [1.82, 2.24) is 5.32 Å². The van der Waals surface area contributed by atoms with E-state index < -0.39 is 23.4 Å². The molecule has 1 rings (SSSR count). The lowest BCUT2D eigenvalue weighted by Crippen LogP contribution is -2.29. The van der Waals surface area contributed by atoms with Gasteiger partial charge in [0.15, 0.2) is 0 Å². The van der Waals surface area contributed by atoms with Gasteiger partial charge in [0.2, 0.25) is 0 Å². The number of carbonyl (C=O) groups is 1. The normalized spacial score (nSPS) is 9.47. The Hall–Kier alpha value is -1.91. The molecule has 0 unspecified atom stereocenters. The number of carbonyl (C=O) groups excluding carboxylic acids is 1. The summed E-state index contributed by atoms with van der Waals surface area (Å²) in [6, 6.07) is 2.66. The lowest BCUT2D eigenvalue weighted by molar-refractivity contribution is 0.253. The minimum atomic E-state index is -0.816. The Morgan fingerprint density at radius 2 is 2.00 bits per heavy atom. The molecule has 0 aliphatic carbocycles. The fourth-order valence-corrected chi connectivity index (χ4v) is 0.940. The van der Waals surface area contributed by atoms with E-state index in [2.05, 4.69) is 17.2 Å². The van der Waals surface area contributed by atoms with E-state index in [0.717, 1.165) is 12.1 Å². The van der Waals surface area contributed by atoms with Crippen LogP contribution in [-0.4, -0.2) is 12.6 Å². The van der Waals surface area contributed by atoms with Gasteiger partial charge >= 0.3 is 6.03 Å². The summed E-state index contributed by atoms with van der Waals surface area (Å²) in [6.45, 7) is 3.61. The molecule has 0 aliphatic heterocycles. The summed E-state index contributed by atoms with van der Waals surface area (Å²) in [6.07, 6.45) is 1.46. The highest BCUT2D eigenvalue weighted by Gasteiger charge is 2.10. The first-order chi connectivity index (χ1) is 7.15. The highest BCUT2D eigenvalue weighted by Crippen LogP contribution is 2.17. The summed E-state index contributed by atoms with van der Waals surface area (Å²) in [4.78, 5) is 11.1. The van der Waals surface area contributed by atoms with Crippen LogP contribution in [0, 0.1) is 11.6 Å². The summed E-state index contributed by atoms with van der Waals surface area (Å²) < 4.78 is 26.1. The van der Waals surface area contributed by atoms with Crippen LogP contribution in [0.4, 0.5) is 19.3 Å². The molecule has 0 atom stereocenters. The van der Waals surface area contributed by atoms with Crippen molar-refractivity contribution in [3.63, 3.8) is 0 Å². The molecule has 0 spiro atoms. The summed E-state index contributed by atoms with van der Waals surface area (Å²) >= 11 is 0. The van der Waals surface area contributed by atoms with Gasteiger partial charge in [-0.3, -0.25) is 0 Å². The minimum Gasteiger partial charge on any atom is -0.334 e. The zero-order valence-corrected chi connectivity index (χ0v) is 7.89. The molecule has 0 heterocycles. The Bertz CT molecular complexity index is 359. The molecule has 15 heavy (non-hydrogen) atoms. The smallest absolute Gasteiger partial charge is 0.319 e. The van der Waals surface area contributed by atoms with Gasteiger partial charge < -0.3 is 10.6 Å². The van der Waals surface area contributed by atoms with Gasteiger partial charge in [-0.1, -0.05) is 12.1 Å². The minimum absolute atomic E-state index is 0.224. The van der Waals surface area contributed by atoms with E-state index in [4.69, 9.17) is 0 Å². The molecule has 0 aliphatic rings. The van der Waals surface area contributed by atoms with E-state index >= 15 is 0 Å². The molecule has 0 bridgehead atoms. The SMILES string of the molecule is C=CCNC(=O)Nc1c(F)cccc1F. The first-order valence-corrected chi connectivity index (χ1v) is 4.25. The molecule has 2 amide bonds. The Morgan fingerprint density at radius 3 is 2.53 bits per heavy atom. The number of halogens is 2. The van der Waals surface area contributed by atoms with Crippen molar-refractivity contribution >= 4 is 11.7 Å². The molecular formula is C10H10F2N2O. The van der Waals surface area contributed by atoms with Crippen LogP contribution in [-0.2, 0) is 0 Å². The topological polar surface area (TPSA) is 41.1 Å². The largest absolute Gasteiger partial charge is 0.334 e. The Labute approximate surface area is 85.8 Å². The number of para-hydroxylation sites is 1. The zero-order chi connectivity index (χ0) is 11.3. The summed E-state index contributed by atoms with van der Waals surface area (Å²) in [7, 11) is 0. The van der Waals surface area contributed by atoms with Crippen LogP contribution in [0.5, 0.6) is 0 Å². The summed E-state index contributed by atoms with van der Waals surface area (Å²) in [5.74, 6) is -1.63. The van der Waals surface area contributed by atoms with Crippen molar-refractivity contribution in [2.24, 2.45) is 0 Å². The third-order valence-electron chi connectivity index (χ3n) is 1.61. The van der Waals surface area contributed by atoms with Gasteiger partial charge in [-0.15, -0.1) is 6.58 Å². The molecular weight excluding hydrogens is 202 g/mol. The Balaban J connectivity index is 2.71. The monoisotopic (exact) mass is 212 g/mol. The van der Waals surface area contributed by atoms with E-state index in [9.17, 15) is 13.6 Å². The zero-order valence-electron chi connectivity index (χ0n) is 7.89. The molecule has 0 saturated carbocycles. The number of benzene rings is 1. The van der Waals surface area contributed by atoms with Crippen LogP contribution in [0.15, 0.2) is 30.9 Å². The maximum Gasteiger partial charge on any atom is 0.319 e. The Kier molecular flexibility index (Phi) is 3.79. The summed E-state index contributed by atoms with van der Waals surface area (Å²) in [5.41, 5.74) is -0.459. The van der Waals surface area contributed by atoms with Crippen molar-refractivity contribution in [3.8, 4) is 0 Å². The number of amides is 2. The number of hydrogen-bond acceptors (Lipinski definition) is 1. The summed E-state index contributed by atoms with van der Waals surface area (Å²) in [5, 5.41) is 4.40. The third kappa shape index (κ3) is 3.05. The first-order valence-electron chi connectivity index (χ1n) is 4.25. The molecule has 5 heteroatoms. The van der Waals surface area contributed by atoms with Crippen molar-refractivity contribution in [1.29, 1.82) is 0 Å². The molecule has 0 fully saturated rings. The van der Waals surface area contributed by atoms with Gasteiger partial charge in [-0.2, -0.15) is 0 Å². The van der Waals surface area contributed by atoms with Crippen LogP contribution < -0.4 is 10.6 Å². The number of rotatable bonds is 3. The second-order valence-corrected chi connectivity index (χ2v) is 2.72. The fraction of sp³-hybridized carbons (Fsp3) is 0.100. The van der Waals surface area contributed by atoms with Crippen LogP contribution in [0.25, 0.3) is 0 Å². The molecule has 0 aromatic heterocycles. The quantitative estimate of drug-likeness (QED) is 0.741. The molecule has 0 saturated heterocycles. The molecule has 80 valence electrons. The van der Waals surface area contributed by atoms with Gasteiger partial charge in [-0.05, 0) is 12.1 Å². The number of nitrogens with one attached hydrogen (secondary N) is 2. The van der Waals surface area contributed by atoms with Crippen molar-refractivity contribution < 1.29 is 13.6 Å². The average Bonchev–Trinajstić information content (AvgIpc) is 2.21. The predicted octanol–water partition coefficient (Wildman–Crippen LogP) is 2.27.